The molecule has 0 heterocycles. The molecule has 0 saturated carbocycles. The van der Waals surface area contributed by atoms with E-state index >= 15 is 0 Å². The van der Waals surface area contributed by atoms with E-state index in [2.05, 4.69) is 0 Å². The summed E-state index contributed by atoms with van der Waals surface area (Å²) in [5.41, 5.74) is 5.88. The van der Waals surface area contributed by atoms with E-state index in [1.165, 1.54) is 0 Å². The molecule has 1 rings (SSSR count). The lowest BCUT2D eigenvalue weighted by Crippen LogP contribution is -2.44. The van der Waals surface area contributed by atoms with Crippen LogP contribution in [-0.4, -0.2) is 20.5 Å². The molecule has 3 N–H and O–H groups in total. The van der Waals surface area contributed by atoms with Crippen LogP contribution in [0.3, 0.4) is 0 Å². The summed E-state index contributed by atoms with van der Waals surface area (Å²) in [5, 5.41) is 8.89. The zero-order chi connectivity index (χ0) is 9.90. The third-order valence-electron chi connectivity index (χ3n) is 1.79. The van der Waals surface area contributed by atoms with Gasteiger partial charge in [0.05, 0.1) is 6.61 Å². The van der Waals surface area contributed by atoms with Crippen LogP contribution in [0.1, 0.15) is 5.56 Å². The maximum Gasteiger partial charge on any atom is 0.128 e. The molecule has 0 amide bonds. The van der Waals surface area contributed by atoms with Gasteiger partial charge in [-0.3, -0.25) is 4.21 Å². The third kappa shape index (κ3) is 1.94. The highest BCUT2D eigenvalue weighted by atomic mass is 32.2. The Morgan fingerprint density at radius 1 is 1.46 bits per heavy atom. The molecule has 2 atom stereocenters. The van der Waals surface area contributed by atoms with Gasteiger partial charge in [0.2, 0.25) is 0 Å². The highest BCUT2D eigenvalue weighted by Crippen LogP contribution is 2.19. The van der Waals surface area contributed by atoms with Crippen molar-refractivity contribution in [1.29, 1.82) is 0 Å². The molecular weight excluding hydrogens is 190 g/mol. The molecule has 2 unspecified atom stereocenters. The average Bonchev–Trinajstić information content (AvgIpc) is 2.17. The summed E-state index contributed by atoms with van der Waals surface area (Å²) in [6.07, 6.45) is 0. The fourth-order valence-corrected chi connectivity index (χ4v) is 1.39. The molecule has 0 aromatic heterocycles. The fourth-order valence-electron chi connectivity index (χ4n) is 0.960. The normalized spacial score (nSPS) is 17.8. The van der Waals surface area contributed by atoms with Gasteiger partial charge in [0, 0.05) is 0 Å². The predicted octanol–water partition coefficient (Wildman–Crippen LogP) is -0.331. The number of benzene rings is 1. The first kappa shape index (κ1) is 10.3. The van der Waals surface area contributed by atoms with Crippen LogP contribution in [0.5, 0.6) is 0 Å². The molecular formula is C8H10NO3S-. The van der Waals surface area contributed by atoms with Gasteiger partial charge in [-0.25, -0.2) is 0 Å². The van der Waals surface area contributed by atoms with Crippen molar-refractivity contribution in [1.82, 2.24) is 0 Å². The lowest BCUT2D eigenvalue weighted by Gasteiger charge is -2.29. The maximum atomic E-state index is 10.8. The van der Waals surface area contributed by atoms with Gasteiger partial charge in [-0.05, 0) is 16.6 Å². The van der Waals surface area contributed by atoms with Crippen LogP contribution in [0.2, 0.25) is 0 Å². The number of hydrogen-bond donors (Lipinski definition) is 2. The Morgan fingerprint density at radius 3 is 2.38 bits per heavy atom. The van der Waals surface area contributed by atoms with Crippen molar-refractivity contribution in [3.05, 3.63) is 35.9 Å². The smallest absolute Gasteiger partial charge is 0.128 e. The molecule has 4 nitrogen and oxygen atoms in total. The Labute approximate surface area is 78.7 Å². The Morgan fingerprint density at radius 2 is 2.00 bits per heavy atom. The molecule has 1 aromatic rings. The highest BCUT2D eigenvalue weighted by Gasteiger charge is 2.27. The summed E-state index contributed by atoms with van der Waals surface area (Å²) in [7, 11) is 0. The monoisotopic (exact) mass is 200 g/mol. The molecule has 0 aliphatic heterocycles. The number of aliphatic hydroxyl groups excluding tert-OH is 1. The van der Waals surface area contributed by atoms with E-state index in [9.17, 15) is 8.76 Å². The molecule has 1 aromatic carbocycles. The quantitative estimate of drug-likeness (QED) is 0.654. The molecule has 0 fully saturated rings. The van der Waals surface area contributed by atoms with Gasteiger partial charge < -0.3 is 15.4 Å². The van der Waals surface area contributed by atoms with Gasteiger partial charge in [0.15, 0.2) is 0 Å². The van der Waals surface area contributed by atoms with E-state index in [-0.39, 0.29) is 0 Å². The summed E-state index contributed by atoms with van der Waals surface area (Å²) in [5.74, 6) is 0. The van der Waals surface area contributed by atoms with Crippen molar-refractivity contribution in [2.45, 2.75) is 4.87 Å². The number of nitrogens with two attached hydrogens (primary N) is 1. The minimum Gasteiger partial charge on any atom is -0.771 e. The fraction of sp³-hybridized carbons (Fsp3) is 0.250. The van der Waals surface area contributed by atoms with Crippen LogP contribution in [0.4, 0.5) is 0 Å². The van der Waals surface area contributed by atoms with Crippen LogP contribution < -0.4 is 5.73 Å². The molecule has 0 aliphatic rings. The van der Waals surface area contributed by atoms with Crippen LogP contribution in [0, 0.1) is 0 Å². The maximum absolute atomic E-state index is 10.8. The van der Waals surface area contributed by atoms with Crippen molar-refractivity contribution < 1.29 is 13.9 Å². The van der Waals surface area contributed by atoms with Crippen LogP contribution >= 0.6 is 0 Å². The second kappa shape index (κ2) is 3.97. The van der Waals surface area contributed by atoms with Crippen molar-refractivity contribution in [2.24, 2.45) is 5.73 Å². The largest absolute Gasteiger partial charge is 0.771 e. The number of rotatable bonds is 3. The van der Waals surface area contributed by atoms with E-state index < -0.39 is 22.6 Å². The molecule has 0 aliphatic carbocycles. The number of aliphatic hydroxyl groups is 1. The number of hydrogen-bond acceptors (Lipinski definition) is 4. The Balaban J connectivity index is 3.11. The molecule has 72 valence electrons. The molecule has 0 bridgehead atoms. The first-order valence-electron chi connectivity index (χ1n) is 3.66. The van der Waals surface area contributed by atoms with Crippen LogP contribution in [0.15, 0.2) is 30.3 Å². The second-order valence-corrected chi connectivity index (χ2v) is 3.85. The van der Waals surface area contributed by atoms with Crippen LogP contribution in [0.25, 0.3) is 0 Å². The Bertz CT molecular complexity index is 304. The molecule has 13 heavy (non-hydrogen) atoms. The standard InChI is InChI=1S/C8H11NO3S/c9-8(6-10,13(11)12)7-4-2-1-3-5-7/h1-5,10H,6,9H2,(H,11,12)/p-1. The van der Waals surface area contributed by atoms with Crippen molar-refractivity contribution in [2.75, 3.05) is 6.61 Å². The first-order chi connectivity index (χ1) is 6.11. The summed E-state index contributed by atoms with van der Waals surface area (Å²) in [6.45, 7) is -0.632. The lowest BCUT2D eigenvalue weighted by molar-refractivity contribution is 0.241. The van der Waals surface area contributed by atoms with E-state index in [4.69, 9.17) is 10.8 Å². The van der Waals surface area contributed by atoms with Gasteiger partial charge in [0.1, 0.15) is 4.87 Å². The molecule has 0 radical (unpaired) electrons. The zero-order valence-electron chi connectivity index (χ0n) is 6.84. The van der Waals surface area contributed by atoms with Crippen molar-refractivity contribution >= 4 is 11.1 Å². The van der Waals surface area contributed by atoms with E-state index in [0.717, 1.165) is 0 Å². The summed E-state index contributed by atoms with van der Waals surface area (Å²) in [6, 6.07) is 8.20. The molecule has 0 saturated heterocycles. The summed E-state index contributed by atoms with van der Waals surface area (Å²) >= 11 is -2.54. The predicted molar refractivity (Wildman–Crippen MR) is 48.3 cm³/mol. The summed E-state index contributed by atoms with van der Waals surface area (Å²) < 4.78 is 21.5. The van der Waals surface area contributed by atoms with Gasteiger partial charge in [-0.2, -0.15) is 0 Å². The van der Waals surface area contributed by atoms with Gasteiger partial charge in [-0.1, -0.05) is 30.3 Å². The van der Waals surface area contributed by atoms with E-state index in [1.807, 2.05) is 0 Å². The lowest BCUT2D eigenvalue weighted by atomic mass is 10.1. The highest BCUT2D eigenvalue weighted by molar-refractivity contribution is 7.80. The van der Waals surface area contributed by atoms with Crippen molar-refractivity contribution in [3.63, 3.8) is 0 Å². The van der Waals surface area contributed by atoms with Crippen molar-refractivity contribution in [3.8, 4) is 0 Å². The Kier molecular flexibility index (Phi) is 3.16. The topological polar surface area (TPSA) is 86.4 Å². The minimum absolute atomic E-state index is 0.380. The van der Waals surface area contributed by atoms with Gasteiger partial charge >= 0.3 is 0 Å². The molecule has 5 heteroatoms. The van der Waals surface area contributed by atoms with Gasteiger partial charge in [-0.15, -0.1) is 0 Å². The van der Waals surface area contributed by atoms with E-state index in [0.29, 0.717) is 5.56 Å². The average molecular weight is 200 g/mol. The summed E-state index contributed by atoms with van der Waals surface area (Å²) in [4.78, 5) is -1.69. The first-order valence-corrected chi connectivity index (χ1v) is 4.73. The van der Waals surface area contributed by atoms with Gasteiger partial charge in [0.25, 0.3) is 0 Å². The molecule has 0 spiro atoms. The van der Waals surface area contributed by atoms with Crippen LogP contribution in [-0.2, 0) is 16.0 Å². The second-order valence-electron chi connectivity index (χ2n) is 2.65. The SMILES string of the molecule is NC(CO)(c1ccccc1)S(=O)[O-]. The Hall–Kier alpha value is -0.750. The van der Waals surface area contributed by atoms with E-state index in [1.54, 1.807) is 30.3 Å². The zero-order valence-corrected chi connectivity index (χ0v) is 7.66. The minimum atomic E-state index is -2.54. The third-order valence-corrected chi connectivity index (χ3v) is 2.75.